The lowest BCUT2D eigenvalue weighted by atomic mass is 9.85. The molecule has 0 unspecified atom stereocenters. The maximum Gasteiger partial charge on any atom is 0.124 e. The molecule has 0 heterocycles. The zero-order valence-electron chi connectivity index (χ0n) is 12.1. The maximum atomic E-state index is 13.3. The predicted molar refractivity (Wildman–Crippen MR) is 77.3 cm³/mol. The van der Waals surface area contributed by atoms with Crippen LogP contribution in [0.4, 0.5) is 4.39 Å². The fraction of sp³-hybridized carbons (Fsp3) is 0.625. The third-order valence-electron chi connectivity index (χ3n) is 3.87. The van der Waals surface area contributed by atoms with Crippen LogP contribution < -0.4 is 10.1 Å². The first-order valence-electron chi connectivity index (χ1n) is 7.47. The molecule has 4 heteroatoms. The van der Waals surface area contributed by atoms with E-state index >= 15 is 0 Å². The first-order chi connectivity index (χ1) is 9.63. The second kappa shape index (κ2) is 7.04. The third-order valence-corrected chi connectivity index (χ3v) is 3.87. The molecule has 1 fully saturated rings. The Labute approximate surface area is 120 Å². The highest BCUT2D eigenvalue weighted by Crippen LogP contribution is 2.29. The van der Waals surface area contributed by atoms with Crippen molar-refractivity contribution in [1.82, 2.24) is 5.32 Å². The molecule has 0 atom stereocenters. The SMILES string of the molecule is CCNCc1cc(F)ccc1OCC1(O)CCCCC1. The van der Waals surface area contributed by atoms with E-state index in [4.69, 9.17) is 4.74 Å². The summed E-state index contributed by atoms with van der Waals surface area (Å²) in [4.78, 5) is 0. The molecular weight excluding hydrogens is 257 g/mol. The van der Waals surface area contributed by atoms with Crippen LogP contribution in [0.2, 0.25) is 0 Å². The summed E-state index contributed by atoms with van der Waals surface area (Å²) in [5, 5.41) is 13.6. The van der Waals surface area contributed by atoms with Crippen molar-refractivity contribution >= 4 is 0 Å². The molecule has 20 heavy (non-hydrogen) atoms. The summed E-state index contributed by atoms with van der Waals surface area (Å²) in [6.45, 7) is 3.68. The highest BCUT2D eigenvalue weighted by atomic mass is 19.1. The Morgan fingerprint density at radius 1 is 1.30 bits per heavy atom. The van der Waals surface area contributed by atoms with Gasteiger partial charge in [0.15, 0.2) is 0 Å². The number of hydrogen-bond acceptors (Lipinski definition) is 3. The van der Waals surface area contributed by atoms with E-state index < -0.39 is 5.60 Å². The first kappa shape index (κ1) is 15.3. The number of aliphatic hydroxyl groups is 1. The van der Waals surface area contributed by atoms with Gasteiger partial charge in [-0.2, -0.15) is 0 Å². The Morgan fingerprint density at radius 2 is 2.05 bits per heavy atom. The van der Waals surface area contributed by atoms with Crippen molar-refractivity contribution in [2.75, 3.05) is 13.2 Å². The van der Waals surface area contributed by atoms with Gasteiger partial charge >= 0.3 is 0 Å². The van der Waals surface area contributed by atoms with Crippen LogP contribution in [0.25, 0.3) is 0 Å². The Morgan fingerprint density at radius 3 is 2.75 bits per heavy atom. The smallest absolute Gasteiger partial charge is 0.124 e. The van der Waals surface area contributed by atoms with Crippen molar-refractivity contribution in [3.63, 3.8) is 0 Å². The molecule has 0 amide bonds. The number of hydrogen-bond donors (Lipinski definition) is 2. The molecular formula is C16H24FNO2. The summed E-state index contributed by atoms with van der Waals surface area (Å²) < 4.78 is 19.1. The van der Waals surface area contributed by atoms with Crippen molar-refractivity contribution in [2.24, 2.45) is 0 Å². The Bertz CT molecular complexity index is 430. The van der Waals surface area contributed by atoms with Gasteiger partial charge in [-0.25, -0.2) is 4.39 Å². The van der Waals surface area contributed by atoms with E-state index in [1.807, 2.05) is 6.92 Å². The summed E-state index contributed by atoms with van der Waals surface area (Å²) in [5.41, 5.74) is 0.0773. The fourth-order valence-corrected chi connectivity index (χ4v) is 2.65. The zero-order chi connectivity index (χ0) is 14.4. The molecule has 0 aromatic heterocycles. The third kappa shape index (κ3) is 4.18. The van der Waals surface area contributed by atoms with Crippen LogP contribution in [0.3, 0.4) is 0 Å². The fourth-order valence-electron chi connectivity index (χ4n) is 2.65. The number of rotatable bonds is 6. The van der Waals surface area contributed by atoms with Crippen LogP contribution in [-0.2, 0) is 6.54 Å². The first-order valence-corrected chi connectivity index (χ1v) is 7.47. The molecule has 2 rings (SSSR count). The van der Waals surface area contributed by atoms with E-state index in [0.717, 1.165) is 37.8 Å². The molecule has 0 radical (unpaired) electrons. The van der Waals surface area contributed by atoms with Crippen molar-refractivity contribution in [2.45, 2.75) is 51.2 Å². The summed E-state index contributed by atoms with van der Waals surface area (Å²) in [7, 11) is 0. The molecule has 1 aromatic carbocycles. The highest BCUT2D eigenvalue weighted by Gasteiger charge is 2.30. The summed E-state index contributed by atoms with van der Waals surface area (Å²) in [6.07, 6.45) is 4.86. The Kier molecular flexibility index (Phi) is 5.38. The van der Waals surface area contributed by atoms with Crippen molar-refractivity contribution < 1.29 is 14.2 Å². The summed E-state index contributed by atoms with van der Waals surface area (Å²) in [6, 6.07) is 4.53. The van der Waals surface area contributed by atoms with E-state index in [1.54, 1.807) is 6.07 Å². The van der Waals surface area contributed by atoms with E-state index in [-0.39, 0.29) is 12.4 Å². The van der Waals surface area contributed by atoms with Gasteiger partial charge in [-0.05, 0) is 37.6 Å². The topological polar surface area (TPSA) is 41.5 Å². The molecule has 0 spiro atoms. The summed E-state index contributed by atoms with van der Waals surface area (Å²) >= 11 is 0. The number of nitrogens with one attached hydrogen (secondary N) is 1. The summed E-state index contributed by atoms with van der Waals surface area (Å²) in [5.74, 6) is 0.396. The van der Waals surface area contributed by atoms with Gasteiger partial charge in [-0.15, -0.1) is 0 Å². The van der Waals surface area contributed by atoms with Crippen LogP contribution >= 0.6 is 0 Å². The largest absolute Gasteiger partial charge is 0.490 e. The van der Waals surface area contributed by atoms with Gasteiger partial charge in [0.05, 0.1) is 5.60 Å². The van der Waals surface area contributed by atoms with Crippen LogP contribution in [0.5, 0.6) is 5.75 Å². The second-order valence-corrected chi connectivity index (χ2v) is 5.61. The Hall–Kier alpha value is -1.13. The standard InChI is InChI=1S/C16H24FNO2/c1-2-18-11-13-10-14(17)6-7-15(13)20-12-16(19)8-4-3-5-9-16/h6-7,10,18-19H,2-5,8-9,11-12H2,1H3. The van der Waals surface area contributed by atoms with Crippen molar-refractivity contribution in [3.8, 4) is 5.75 Å². The van der Waals surface area contributed by atoms with Crippen molar-refractivity contribution in [3.05, 3.63) is 29.6 Å². The predicted octanol–water partition coefficient (Wildman–Crippen LogP) is 3.01. The average Bonchev–Trinajstić information content (AvgIpc) is 2.45. The van der Waals surface area contributed by atoms with Crippen molar-refractivity contribution in [1.29, 1.82) is 0 Å². The average molecular weight is 281 g/mol. The van der Waals surface area contributed by atoms with E-state index in [0.29, 0.717) is 12.3 Å². The van der Waals surface area contributed by atoms with Crippen LogP contribution in [0.1, 0.15) is 44.6 Å². The lowest BCUT2D eigenvalue weighted by molar-refractivity contribution is -0.0341. The molecule has 1 aromatic rings. The van der Waals surface area contributed by atoms with Gasteiger partial charge in [0.2, 0.25) is 0 Å². The number of ether oxygens (including phenoxy) is 1. The highest BCUT2D eigenvalue weighted by molar-refractivity contribution is 5.34. The Balaban J connectivity index is 2.00. The second-order valence-electron chi connectivity index (χ2n) is 5.61. The van der Waals surface area contributed by atoms with Gasteiger partial charge in [0.1, 0.15) is 18.2 Å². The minimum absolute atomic E-state index is 0.262. The molecule has 1 aliphatic carbocycles. The number of benzene rings is 1. The molecule has 0 saturated heterocycles. The molecule has 3 nitrogen and oxygen atoms in total. The minimum Gasteiger partial charge on any atom is -0.490 e. The lowest BCUT2D eigenvalue weighted by Crippen LogP contribution is -2.38. The zero-order valence-corrected chi connectivity index (χ0v) is 12.1. The minimum atomic E-state index is -0.720. The lowest BCUT2D eigenvalue weighted by Gasteiger charge is -2.32. The molecule has 112 valence electrons. The molecule has 0 aliphatic heterocycles. The van der Waals surface area contributed by atoms with Gasteiger partial charge in [0, 0.05) is 12.1 Å². The molecule has 0 bridgehead atoms. The normalized spacial score (nSPS) is 17.9. The van der Waals surface area contributed by atoms with Crippen LogP contribution in [0, 0.1) is 5.82 Å². The van der Waals surface area contributed by atoms with E-state index in [9.17, 15) is 9.50 Å². The monoisotopic (exact) mass is 281 g/mol. The van der Waals surface area contributed by atoms with Gasteiger partial charge in [-0.1, -0.05) is 26.2 Å². The van der Waals surface area contributed by atoms with Gasteiger partial charge < -0.3 is 15.2 Å². The van der Waals surface area contributed by atoms with Gasteiger partial charge in [-0.3, -0.25) is 0 Å². The van der Waals surface area contributed by atoms with Gasteiger partial charge in [0.25, 0.3) is 0 Å². The molecule has 2 N–H and O–H groups in total. The van der Waals surface area contributed by atoms with Crippen LogP contribution in [-0.4, -0.2) is 23.9 Å². The van der Waals surface area contributed by atoms with E-state index in [2.05, 4.69) is 5.32 Å². The van der Waals surface area contributed by atoms with Crippen LogP contribution in [0.15, 0.2) is 18.2 Å². The molecule has 1 saturated carbocycles. The quantitative estimate of drug-likeness (QED) is 0.842. The van der Waals surface area contributed by atoms with E-state index in [1.165, 1.54) is 18.6 Å². The molecule has 1 aliphatic rings. The maximum absolute atomic E-state index is 13.3. The number of halogens is 1.